The van der Waals surface area contributed by atoms with E-state index < -0.39 is 0 Å². The Bertz CT molecular complexity index is 585. The SMILES string of the molecule is Cc1cccnc1CNC(=O)c1cc(NN)ccn1. The molecule has 6 heteroatoms. The molecule has 4 N–H and O–H groups in total. The van der Waals surface area contributed by atoms with Gasteiger partial charge >= 0.3 is 0 Å². The molecule has 0 bridgehead atoms. The van der Waals surface area contributed by atoms with E-state index in [2.05, 4.69) is 20.7 Å². The Morgan fingerprint density at radius 1 is 1.32 bits per heavy atom. The molecule has 0 atom stereocenters. The average molecular weight is 257 g/mol. The Kier molecular flexibility index (Phi) is 4.04. The second-order valence-corrected chi connectivity index (χ2v) is 4.02. The van der Waals surface area contributed by atoms with E-state index in [0.29, 0.717) is 17.9 Å². The van der Waals surface area contributed by atoms with Crippen LogP contribution in [0, 0.1) is 6.92 Å². The predicted molar refractivity (Wildman–Crippen MR) is 72.2 cm³/mol. The van der Waals surface area contributed by atoms with Crippen molar-refractivity contribution < 1.29 is 4.79 Å². The van der Waals surface area contributed by atoms with Gasteiger partial charge in [0.1, 0.15) is 5.69 Å². The normalized spacial score (nSPS) is 10.0. The number of rotatable bonds is 4. The topological polar surface area (TPSA) is 92.9 Å². The second kappa shape index (κ2) is 5.92. The molecule has 1 amide bonds. The van der Waals surface area contributed by atoms with E-state index in [1.54, 1.807) is 18.3 Å². The van der Waals surface area contributed by atoms with Gasteiger partial charge in [-0.25, -0.2) is 0 Å². The van der Waals surface area contributed by atoms with Crippen molar-refractivity contribution in [2.75, 3.05) is 5.43 Å². The van der Waals surface area contributed by atoms with Crippen LogP contribution in [0.4, 0.5) is 5.69 Å². The van der Waals surface area contributed by atoms with E-state index in [1.807, 2.05) is 19.1 Å². The van der Waals surface area contributed by atoms with Crippen molar-refractivity contribution in [2.45, 2.75) is 13.5 Å². The highest BCUT2D eigenvalue weighted by atomic mass is 16.1. The van der Waals surface area contributed by atoms with Crippen LogP contribution >= 0.6 is 0 Å². The van der Waals surface area contributed by atoms with E-state index in [0.717, 1.165) is 11.3 Å². The summed E-state index contributed by atoms with van der Waals surface area (Å²) in [6, 6.07) is 7.07. The molecule has 0 aliphatic heterocycles. The predicted octanol–water partition coefficient (Wildman–Crippen LogP) is 1.00. The van der Waals surface area contributed by atoms with Crippen molar-refractivity contribution in [3.05, 3.63) is 53.6 Å². The number of pyridine rings is 2. The maximum Gasteiger partial charge on any atom is 0.270 e. The number of aromatic nitrogens is 2. The first kappa shape index (κ1) is 13.0. The molecule has 2 aromatic rings. The summed E-state index contributed by atoms with van der Waals surface area (Å²) in [5.74, 6) is 5.02. The Morgan fingerprint density at radius 2 is 2.16 bits per heavy atom. The van der Waals surface area contributed by atoms with Gasteiger partial charge < -0.3 is 10.7 Å². The third kappa shape index (κ3) is 3.26. The number of amides is 1. The second-order valence-electron chi connectivity index (χ2n) is 4.02. The van der Waals surface area contributed by atoms with Gasteiger partial charge in [-0.3, -0.25) is 20.6 Å². The van der Waals surface area contributed by atoms with E-state index in [4.69, 9.17) is 5.84 Å². The molecule has 0 unspecified atom stereocenters. The van der Waals surface area contributed by atoms with Gasteiger partial charge in [-0.2, -0.15) is 0 Å². The molecule has 0 aromatic carbocycles. The number of nitrogen functional groups attached to an aromatic ring is 1. The van der Waals surface area contributed by atoms with E-state index in [1.165, 1.54) is 6.20 Å². The van der Waals surface area contributed by atoms with Crippen LogP contribution in [0.2, 0.25) is 0 Å². The van der Waals surface area contributed by atoms with Gasteiger partial charge in [0.2, 0.25) is 0 Å². The first-order chi connectivity index (χ1) is 9.20. The fourth-order valence-corrected chi connectivity index (χ4v) is 1.60. The summed E-state index contributed by atoms with van der Waals surface area (Å²) in [7, 11) is 0. The number of carbonyl (C=O) groups is 1. The number of nitrogens with one attached hydrogen (secondary N) is 2. The Labute approximate surface area is 111 Å². The van der Waals surface area contributed by atoms with Crippen molar-refractivity contribution in [2.24, 2.45) is 5.84 Å². The van der Waals surface area contributed by atoms with Crippen LogP contribution in [0.5, 0.6) is 0 Å². The molecule has 0 aliphatic rings. The zero-order valence-electron chi connectivity index (χ0n) is 10.6. The van der Waals surface area contributed by atoms with Gasteiger partial charge in [-0.05, 0) is 30.7 Å². The minimum Gasteiger partial charge on any atom is -0.345 e. The maximum atomic E-state index is 11.9. The number of nitrogens with two attached hydrogens (primary N) is 1. The molecule has 0 spiro atoms. The molecular formula is C13H15N5O. The van der Waals surface area contributed by atoms with Gasteiger partial charge in [0.05, 0.1) is 17.9 Å². The van der Waals surface area contributed by atoms with Crippen LogP contribution in [0.1, 0.15) is 21.7 Å². The zero-order valence-corrected chi connectivity index (χ0v) is 10.6. The molecule has 19 heavy (non-hydrogen) atoms. The quantitative estimate of drug-likeness (QED) is 0.561. The fourth-order valence-electron chi connectivity index (χ4n) is 1.60. The molecule has 0 fully saturated rings. The summed E-state index contributed by atoms with van der Waals surface area (Å²) in [4.78, 5) is 20.1. The number of hydrogen-bond acceptors (Lipinski definition) is 5. The molecule has 0 saturated heterocycles. The summed E-state index contributed by atoms with van der Waals surface area (Å²) in [6.45, 7) is 2.32. The Balaban J connectivity index is 2.03. The summed E-state index contributed by atoms with van der Waals surface area (Å²) in [5, 5.41) is 2.77. The summed E-state index contributed by atoms with van der Waals surface area (Å²) in [6.07, 6.45) is 3.22. The van der Waals surface area contributed by atoms with Crippen LogP contribution in [-0.4, -0.2) is 15.9 Å². The molecule has 98 valence electrons. The van der Waals surface area contributed by atoms with Crippen molar-refractivity contribution in [3.8, 4) is 0 Å². The standard InChI is InChI=1S/C13H15N5O/c1-9-3-2-5-15-12(9)8-17-13(19)11-7-10(18-14)4-6-16-11/h2-7H,8,14H2,1H3,(H,16,18)(H,17,19). The van der Waals surface area contributed by atoms with Crippen LogP contribution in [0.3, 0.4) is 0 Å². The summed E-state index contributed by atoms with van der Waals surface area (Å²) >= 11 is 0. The molecule has 0 aliphatic carbocycles. The molecule has 2 aromatic heterocycles. The lowest BCUT2D eigenvalue weighted by molar-refractivity contribution is 0.0945. The van der Waals surface area contributed by atoms with E-state index in [9.17, 15) is 4.79 Å². The highest BCUT2D eigenvalue weighted by Gasteiger charge is 2.08. The third-order valence-electron chi connectivity index (χ3n) is 2.69. The highest BCUT2D eigenvalue weighted by Crippen LogP contribution is 2.07. The minimum atomic E-state index is -0.262. The molecule has 6 nitrogen and oxygen atoms in total. The molecule has 0 saturated carbocycles. The zero-order chi connectivity index (χ0) is 13.7. The largest absolute Gasteiger partial charge is 0.345 e. The Hall–Kier alpha value is -2.47. The monoisotopic (exact) mass is 257 g/mol. The number of hydrazine groups is 1. The van der Waals surface area contributed by atoms with Crippen LogP contribution in [-0.2, 0) is 6.54 Å². The summed E-state index contributed by atoms with van der Waals surface area (Å²) in [5.41, 5.74) is 5.29. The van der Waals surface area contributed by atoms with Gasteiger partial charge in [0, 0.05) is 12.4 Å². The van der Waals surface area contributed by atoms with Gasteiger partial charge in [-0.1, -0.05) is 6.07 Å². The van der Waals surface area contributed by atoms with Gasteiger partial charge in [0.15, 0.2) is 0 Å². The Morgan fingerprint density at radius 3 is 2.89 bits per heavy atom. The number of carbonyl (C=O) groups excluding carboxylic acids is 1. The van der Waals surface area contributed by atoms with Gasteiger partial charge in [0.25, 0.3) is 5.91 Å². The van der Waals surface area contributed by atoms with Crippen molar-refractivity contribution >= 4 is 11.6 Å². The lowest BCUT2D eigenvalue weighted by Gasteiger charge is -2.07. The number of aryl methyl sites for hydroxylation is 1. The first-order valence-corrected chi connectivity index (χ1v) is 5.82. The highest BCUT2D eigenvalue weighted by molar-refractivity contribution is 5.93. The van der Waals surface area contributed by atoms with Crippen LogP contribution in [0.15, 0.2) is 36.7 Å². The third-order valence-corrected chi connectivity index (χ3v) is 2.69. The molecular weight excluding hydrogens is 242 g/mol. The van der Waals surface area contributed by atoms with Crippen LogP contribution < -0.4 is 16.6 Å². The molecule has 0 radical (unpaired) electrons. The van der Waals surface area contributed by atoms with E-state index >= 15 is 0 Å². The first-order valence-electron chi connectivity index (χ1n) is 5.82. The molecule has 2 rings (SSSR count). The van der Waals surface area contributed by atoms with Crippen molar-refractivity contribution in [1.82, 2.24) is 15.3 Å². The van der Waals surface area contributed by atoms with Crippen LogP contribution in [0.25, 0.3) is 0 Å². The number of hydrogen-bond donors (Lipinski definition) is 3. The van der Waals surface area contributed by atoms with E-state index in [-0.39, 0.29) is 5.91 Å². The summed E-state index contributed by atoms with van der Waals surface area (Å²) < 4.78 is 0. The maximum absolute atomic E-state index is 11.9. The van der Waals surface area contributed by atoms with Crippen molar-refractivity contribution in [1.29, 1.82) is 0 Å². The lowest BCUT2D eigenvalue weighted by atomic mass is 10.2. The minimum absolute atomic E-state index is 0.262. The smallest absolute Gasteiger partial charge is 0.270 e. The number of nitrogens with zero attached hydrogens (tertiary/aromatic N) is 2. The van der Waals surface area contributed by atoms with Gasteiger partial charge in [-0.15, -0.1) is 0 Å². The fraction of sp³-hybridized carbons (Fsp3) is 0.154. The molecule has 2 heterocycles. The number of anilines is 1. The average Bonchev–Trinajstić information content (AvgIpc) is 2.46. The lowest BCUT2D eigenvalue weighted by Crippen LogP contribution is -2.25. The van der Waals surface area contributed by atoms with Crippen molar-refractivity contribution in [3.63, 3.8) is 0 Å².